The Morgan fingerprint density at radius 2 is 1.72 bits per heavy atom. The summed E-state index contributed by atoms with van der Waals surface area (Å²) in [4.78, 5) is 15.4. The molecule has 2 nitrogen and oxygen atoms in total. The molecule has 128 valence electrons. The molecule has 0 saturated carbocycles. The number of hydrogen-bond donors (Lipinski definition) is 0. The summed E-state index contributed by atoms with van der Waals surface area (Å²) in [5.41, 5.74) is 3.70. The van der Waals surface area contributed by atoms with Crippen LogP contribution in [0.15, 0.2) is 65.6 Å². The van der Waals surface area contributed by atoms with E-state index in [9.17, 15) is 4.79 Å². The minimum Gasteiger partial charge on any atom is -0.341 e. The van der Waals surface area contributed by atoms with Crippen molar-refractivity contribution in [3.05, 3.63) is 77.4 Å². The molecule has 3 aromatic rings. The summed E-state index contributed by atoms with van der Waals surface area (Å²) in [5.74, 6) is 0.609. The zero-order chi connectivity index (χ0) is 17.8. The van der Waals surface area contributed by atoms with Crippen molar-refractivity contribution >= 4 is 28.4 Å². The predicted molar refractivity (Wildman–Crippen MR) is 107 cm³/mol. The number of nitrogens with zero attached hydrogens (tertiary/aromatic N) is 1. The minimum absolute atomic E-state index is 0.151. The average Bonchev–Trinajstić information content (AvgIpc) is 2.61. The van der Waals surface area contributed by atoms with Crippen molar-refractivity contribution in [2.45, 2.75) is 25.3 Å². The van der Waals surface area contributed by atoms with E-state index in [-0.39, 0.29) is 5.91 Å². The van der Waals surface area contributed by atoms with E-state index in [0.29, 0.717) is 12.3 Å². The zero-order valence-electron chi connectivity index (χ0n) is 15.0. The Hall–Kier alpha value is -2.26. The van der Waals surface area contributed by atoms with Gasteiger partial charge >= 0.3 is 0 Å². The van der Waals surface area contributed by atoms with Gasteiger partial charge in [-0.15, -0.1) is 11.8 Å². The van der Waals surface area contributed by atoms with Gasteiger partial charge in [0.05, 0.1) is 5.75 Å². The zero-order valence-corrected chi connectivity index (χ0v) is 15.8. The van der Waals surface area contributed by atoms with Gasteiger partial charge in [-0.1, -0.05) is 54.1 Å². The second-order valence-electron chi connectivity index (χ2n) is 6.48. The van der Waals surface area contributed by atoms with Crippen molar-refractivity contribution in [3.8, 4) is 0 Å². The van der Waals surface area contributed by atoms with Crippen LogP contribution in [-0.4, -0.2) is 23.6 Å². The second kappa shape index (κ2) is 7.75. The molecule has 0 heterocycles. The van der Waals surface area contributed by atoms with Crippen LogP contribution in [0.1, 0.15) is 16.7 Å². The summed E-state index contributed by atoms with van der Waals surface area (Å²) in [6.45, 7) is 4.85. The molecule has 3 aromatic carbocycles. The van der Waals surface area contributed by atoms with Crippen LogP contribution in [0.25, 0.3) is 10.8 Å². The first-order chi connectivity index (χ1) is 12.0. The van der Waals surface area contributed by atoms with Gasteiger partial charge in [-0.3, -0.25) is 4.79 Å². The molecule has 25 heavy (non-hydrogen) atoms. The van der Waals surface area contributed by atoms with Gasteiger partial charge < -0.3 is 4.90 Å². The Kier molecular flexibility index (Phi) is 5.44. The van der Waals surface area contributed by atoms with Crippen molar-refractivity contribution < 1.29 is 4.79 Å². The predicted octanol–water partition coefficient (Wildman–Crippen LogP) is 5.21. The van der Waals surface area contributed by atoms with Crippen LogP contribution in [0.4, 0.5) is 0 Å². The maximum atomic E-state index is 12.5. The molecule has 0 fully saturated rings. The van der Waals surface area contributed by atoms with Crippen LogP contribution in [0.5, 0.6) is 0 Å². The summed E-state index contributed by atoms with van der Waals surface area (Å²) >= 11 is 1.60. The summed E-state index contributed by atoms with van der Waals surface area (Å²) in [6.07, 6.45) is 0. The summed E-state index contributed by atoms with van der Waals surface area (Å²) in [5, 5.41) is 2.44. The van der Waals surface area contributed by atoms with Crippen LogP contribution in [0, 0.1) is 13.8 Å². The van der Waals surface area contributed by atoms with E-state index in [4.69, 9.17) is 0 Å². The standard InChI is InChI=1S/C22H23NOS/c1-16-8-9-20(17(2)12-16)14-23(3)22(24)15-25-21-11-10-18-6-4-5-7-19(18)13-21/h4-13H,14-15H2,1-3H3. The second-order valence-corrected chi connectivity index (χ2v) is 7.53. The maximum absolute atomic E-state index is 12.5. The first-order valence-corrected chi connectivity index (χ1v) is 9.43. The fourth-order valence-corrected chi connectivity index (χ4v) is 3.76. The molecule has 0 aliphatic carbocycles. The molecule has 1 amide bonds. The van der Waals surface area contributed by atoms with E-state index in [1.54, 1.807) is 11.8 Å². The molecule has 0 N–H and O–H groups in total. The van der Waals surface area contributed by atoms with Crippen LogP contribution >= 0.6 is 11.8 Å². The smallest absolute Gasteiger partial charge is 0.232 e. The lowest BCUT2D eigenvalue weighted by Crippen LogP contribution is -2.28. The molecule has 0 radical (unpaired) electrons. The normalized spacial score (nSPS) is 10.8. The molecular weight excluding hydrogens is 326 g/mol. The molecule has 0 aliphatic rings. The van der Waals surface area contributed by atoms with E-state index in [0.717, 1.165) is 4.90 Å². The summed E-state index contributed by atoms with van der Waals surface area (Å²) in [7, 11) is 1.88. The Morgan fingerprint density at radius 1 is 0.960 bits per heavy atom. The van der Waals surface area contributed by atoms with Crippen molar-refractivity contribution in [3.63, 3.8) is 0 Å². The van der Waals surface area contributed by atoms with Crippen LogP contribution in [0.3, 0.4) is 0 Å². The van der Waals surface area contributed by atoms with Gasteiger partial charge in [0.1, 0.15) is 0 Å². The molecule has 3 heteroatoms. The highest BCUT2D eigenvalue weighted by molar-refractivity contribution is 8.00. The molecule has 0 bridgehead atoms. The third kappa shape index (κ3) is 4.43. The third-order valence-electron chi connectivity index (χ3n) is 4.41. The fraction of sp³-hybridized carbons (Fsp3) is 0.227. The van der Waals surface area contributed by atoms with Gasteiger partial charge in [0.15, 0.2) is 0 Å². The average molecular weight is 349 g/mol. The van der Waals surface area contributed by atoms with Gasteiger partial charge in [-0.05, 0) is 47.9 Å². The van der Waals surface area contributed by atoms with Crippen LogP contribution < -0.4 is 0 Å². The molecule has 3 rings (SSSR count). The minimum atomic E-state index is 0.151. The van der Waals surface area contributed by atoms with Crippen molar-refractivity contribution in [2.24, 2.45) is 0 Å². The van der Waals surface area contributed by atoms with E-state index in [2.05, 4.69) is 62.4 Å². The first kappa shape index (κ1) is 17.6. The number of fused-ring (bicyclic) bond motifs is 1. The third-order valence-corrected chi connectivity index (χ3v) is 5.39. The van der Waals surface area contributed by atoms with E-state index < -0.39 is 0 Å². The highest BCUT2D eigenvalue weighted by Gasteiger charge is 2.11. The first-order valence-electron chi connectivity index (χ1n) is 8.44. The topological polar surface area (TPSA) is 20.3 Å². The number of aryl methyl sites for hydroxylation is 2. The Balaban J connectivity index is 1.60. The van der Waals surface area contributed by atoms with Crippen molar-refractivity contribution in [1.82, 2.24) is 4.90 Å². The molecular formula is C22H23NOS. The quantitative estimate of drug-likeness (QED) is 0.590. The van der Waals surface area contributed by atoms with E-state index in [1.165, 1.54) is 27.5 Å². The van der Waals surface area contributed by atoms with Gasteiger partial charge in [0, 0.05) is 18.5 Å². The summed E-state index contributed by atoms with van der Waals surface area (Å²) < 4.78 is 0. The Morgan fingerprint density at radius 3 is 2.48 bits per heavy atom. The number of carbonyl (C=O) groups excluding carboxylic acids is 1. The Bertz CT molecular complexity index is 903. The number of thioether (sulfide) groups is 1. The number of benzene rings is 3. The SMILES string of the molecule is Cc1ccc(CN(C)C(=O)CSc2ccc3ccccc3c2)c(C)c1. The van der Waals surface area contributed by atoms with E-state index in [1.807, 2.05) is 24.1 Å². The van der Waals surface area contributed by atoms with Crippen LogP contribution in [0.2, 0.25) is 0 Å². The van der Waals surface area contributed by atoms with Gasteiger partial charge in [0.25, 0.3) is 0 Å². The number of hydrogen-bond acceptors (Lipinski definition) is 2. The lowest BCUT2D eigenvalue weighted by Gasteiger charge is -2.18. The largest absolute Gasteiger partial charge is 0.341 e. The number of rotatable bonds is 5. The highest BCUT2D eigenvalue weighted by atomic mass is 32.2. The lowest BCUT2D eigenvalue weighted by atomic mass is 10.1. The van der Waals surface area contributed by atoms with Crippen LogP contribution in [-0.2, 0) is 11.3 Å². The number of amides is 1. The number of carbonyl (C=O) groups is 1. The van der Waals surface area contributed by atoms with Gasteiger partial charge in [-0.25, -0.2) is 0 Å². The van der Waals surface area contributed by atoms with Crippen molar-refractivity contribution in [2.75, 3.05) is 12.8 Å². The Labute approximate surface area is 153 Å². The van der Waals surface area contributed by atoms with Gasteiger partial charge in [0.2, 0.25) is 5.91 Å². The van der Waals surface area contributed by atoms with E-state index >= 15 is 0 Å². The molecule has 0 aromatic heterocycles. The molecule has 0 aliphatic heterocycles. The van der Waals surface area contributed by atoms with Gasteiger partial charge in [-0.2, -0.15) is 0 Å². The fourth-order valence-electron chi connectivity index (χ4n) is 2.88. The molecule has 0 spiro atoms. The van der Waals surface area contributed by atoms with Crippen molar-refractivity contribution in [1.29, 1.82) is 0 Å². The lowest BCUT2D eigenvalue weighted by molar-refractivity contribution is -0.127. The highest BCUT2D eigenvalue weighted by Crippen LogP contribution is 2.24. The monoisotopic (exact) mass is 349 g/mol. The molecule has 0 unspecified atom stereocenters. The molecule has 0 atom stereocenters. The maximum Gasteiger partial charge on any atom is 0.232 e. The molecule has 0 saturated heterocycles. The summed E-state index contributed by atoms with van der Waals surface area (Å²) in [6, 6.07) is 21.0.